The highest BCUT2D eigenvalue weighted by Crippen LogP contribution is 2.32. The van der Waals surface area contributed by atoms with Crippen LogP contribution in [-0.2, 0) is 6.42 Å². The number of nitrogens with zero attached hydrogens (tertiary/aromatic N) is 4. The summed E-state index contributed by atoms with van der Waals surface area (Å²) in [5.74, 6) is 1.19. The Kier molecular flexibility index (Phi) is 6.00. The van der Waals surface area contributed by atoms with E-state index >= 15 is 0 Å². The molecule has 1 fully saturated rings. The molecule has 1 saturated heterocycles. The average molecular weight is 463 g/mol. The van der Waals surface area contributed by atoms with E-state index in [4.69, 9.17) is 4.42 Å². The Morgan fingerprint density at radius 2 is 2.09 bits per heavy atom. The van der Waals surface area contributed by atoms with Crippen molar-refractivity contribution in [1.82, 2.24) is 19.9 Å². The Morgan fingerprint density at radius 3 is 2.88 bits per heavy atom. The average Bonchev–Trinajstić information content (AvgIpc) is 3.47. The maximum atomic E-state index is 13.3. The van der Waals surface area contributed by atoms with E-state index in [-0.39, 0.29) is 17.6 Å². The van der Waals surface area contributed by atoms with Gasteiger partial charge in [0.25, 0.3) is 5.91 Å². The molecule has 168 valence electrons. The lowest BCUT2D eigenvalue weighted by molar-refractivity contribution is 0.0702. The van der Waals surface area contributed by atoms with Crippen LogP contribution in [0, 0.1) is 12.7 Å². The minimum Gasteiger partial charge on any atom is -0.445 e. The summed E-state index contributed by atoms with van der Waals surface area (Å²) in [5, 5.41) is 0.802. The SMILES string of the molecule is Cc1nc(-c2cccnc2)sc1C(=O)N1CCC[C@@H](c2ncc(Cc3ccc(F)cc3)o2)C1. The maximum absolute atomic E-state index is 13.3. The van der Waals surface area contributed by atoms with E-state index in [0.29, 0.717) is 30.3 Å². The normalized spacial score (nSPS) is 16.2. The molecule has 0 unspecified atom stereocenters. The highest BCUT2D eigenvalue weighted by Gasteiger charge is 2.30. The standard InChI is InChI=1S/C25H23FN4O2S/c1-16-22(33-24(29-16)18-4-2-10-27-13-18)25(31)30-11-3-5-19(15-30)23-28-14-21(32-23)12-17-6-8-20(26)9-7-17/h2,4,6-10,13-14,19H,3,5,11-12,15H2,1H3/t19-/m1/s1. The van der Waals surface area contributed by atoms with Crippen molar-refractivity contribution in [1.29, 1.82) is 0 Å². The highest BCUT2D eigenvalue weighted by molar-refractivity contribution is 7.17. The third kappa shape index (κ3) is 4.71. The van der Waals surface area contributed by atoms with E-state index in [1.54, 1.807) is 30.7 Å². The molecule has 1 aliphatic rings. The van der Waals surface area contributed by atoms with Gasteiger partial charge in [-0.15, -0.1) is 11.3 Å². The molecule has 4 aromatic rings. The smallest absolute Gasteiger partial charge is 0.265 e. The zero-order chi connectivity index (χ0) is 22.8. The summed E-state index contributed by atoms with van der Waals surface area (Å²) in [7, 11) is 0. The van der Waals surface area contributed by atoms with Crippen molar-refractivity contribution >= 4 is 17.2 Å². The number of halogens is 1. The number of pyridine rings is 1. The van der Waals surface area contributed by atoms with E-state index in [1.165, 1.54) is 23.5 Å². The fourth-order valence-electron chi connectivity index (χ4n) is 4.11. The van der Waals surface area contributed by atoms with Crippen LogP contribution in [0.1, 0.15) is 51.3 Å². The number of thiazole rings is 1. The summed E-state index contributed by atoms with van der Waals surface area (Å²) < 4.78 is 19.2. The van der Waals surface area contributed by atoms with Gasteiger partial charge < -0.3 is 9.32 Å². The van der Waals surface area contributed by atoms with Crippen LogP contribution in [0.25, 0.3) is 10.6 Å². The molecular weight excluding hydrogens is 439 g/mol. The van der Waals surface area contributed by atoms with Crippen LogP contribution in [0.15, 0.2) is 59.4 Å². The van der Waals surface area contributed by atoms with Crippen molar-refractivity contribution in [2.45, 2.75) is 32.1 Å². The van der Waals surface area contributed by atoms with Crippen molar-refractivity contribution in [3.05, 3.63) is 88.6 Å². The maximum Gasteiger partial charge on any atom is 0.265 e. The second-order valence-electron chi connectivity index (χ2n) is 8.23. The molecule has 0 spiro atoms. The fraction of sp³-hybridized carbons (Fsp3) is 0.280. The lowest BCUT2D eigenvalue weighted by Gasteiger charge is -2.31. The van der Waals surface area contributed by atoms with Gasteiger partial charge in [0, 0.05) is 37.5 Å². The number of carbonyl (C=O) groups excluding carboxylic acids is 1. The van der Waals surface area contributed by atoms with E-state index in [0.717, 1.165) is 40.4 Å². The van der Waals surface area contributed by atoms with Crippen LogP contribution >= 0.6 is 11.3 Å². The Labute approximate surface area is 195 Å². The molecule has 5 rings (SSSR count). The van der Waals surface area contributed by atoms with E-state index in [9.17, 15) is 9.18 Å². The predicted octanol–water partition coefficient (Wildman–Crippen LogP) is 5.25. The van der Waals surface area contributed by atoms with Crippen molar-refractivity contribution < 1.29 is 13.6 Å². The molecule has 6 nitrogen and oxygen atoms in total. The minimum atomic E-state index is -0.257. The first-order valence-corrected chi connectivity index (χ1v) is 11.7. The number of likely N-dealkylation sites (tertiary alicyclic amines) is 1. The summed E-state index contributed by atoms with van der Waals surface area (Å²) in [6.07, 6.45) is 7.57. The molecule has 8 heteroatoms. The van der Waals surface area contributed by atoms with Gasteiger partial charge in [0.1, 0.15) is 21.5 Å². The Bertz CT molecular complexity index is 1250. The van der Waals surface area contributed by atoms with Gasteiger partial charge in [-0.3, -0.25) is 9.78 Å². The first kappa shape index (κ1) is 21.5. The molecule has 0 bridgehead atoms. The highest BCUT2D eigenvalue weighted by atomic mass is 32.1. The molecular formula is C25H23FN4O2S. The zero-order valence-corrected chi connectivity index (χ0v) is 19.0. The monoisotopic (exact) mass is 462 g/mol. The second kappa shape index (κ2) is 9.23. The van der Waals surface area contributed by atoms with Crippen LogP contribution < -0.4 is 0 Å². The molecule has 4 heterocycles. The van der Waals surface area contributed by atoms with Gasteiger partial charge >= 0.3 is 0 Å². The Balaban J connectivity index is 1.28. The number of aromatic nitrogens is 3. The van der Waals surface area contributed by atoms with Crippen LogP contribution in [0.2, 0.25) is 0 Å². The number of amides is 1. The summed E-state index contributed by atoms with van der Waals surface area (Å²) in [5.41, 5.74) is 2.61. The van der Waals surface area contributed by atoms with E-state index in [1.807, 2.05) is 24.0 Å². The molecule has 1 aromatic carbocycles. The number of hydrogen-bond acceptors (Lipinski definition) is 6. The molecule has 0 aliphatic carbocycles. The third-order valence-electron chi connectivity index (χ3n) is 5.82. The van der Waals surface area contributed by atoms with Crippen LogP contribution in [0.3, 0.4) is 0 Å². The topological polar surface area (TPSA) is 72.1 Å². The lowest BCUT2D eigenvalue weighted by Crippen LogP contribution is -2.39. The number of rotatable bonds is 5. The predicted molar refractivity (Wildman–Crippen MR) is 124 cm³/mol. The Hall–Kier alpha value is -3.39. The van der Waals surface area contributed by atoms with Crippen LogP contribution in [0.5, 0.6) is 0 Å². The van der Waals surface area contributed by atoms with E-state index in [2.05, 4.69) is 15.0 Å². The molecule has 0 N–H and O–H groups in total. The van der Waals surface area contributed by atoms with Crippen LogP contribution in [-0.4, -0.2) is 38.8 Å². The van der Waals surface area contributed by atoms with Gasteiger partial charge in [-0.1, -0.05) is 12.1 Å². The molecule has 1 aliphatic heterocycles. The van der Waals surface area contributed by atoms with Crippen molar-refractivity contribution in [2.75, 3.05) is 13.1 Å². The number of carbonyl (C=O) groups is 1. The van der Waals surface area contributed by atoms with Gasteiger partial charge in [0.05, 0.1) is 17.8 Å². The van der Waals surface area contributed by atoms with Gasteiger partial charge in [-0.05, 0) is 49.6 Å². The summed E-state index contributed by atoms with van der Waals surface area (Å²) in [6, 6.07) is 10.2. The van der Waals surface area contributed by atoms with Gasteiger partial charge in [-0.2, -0.15) is 0 Å². The molecule has 33 heavy (non-hydrogen) atoms. The number of benzene rings is 1. The molecule has 3 aromatic heterocycles. The van der Waals surface area contributed by atoms with Gasteiger partial charge in [0.2, 0.25) is 0 Å². The summed E-state index contributed by atoms with van der Waals surface area (Å²) in [4.78, 5) is 29.1. The lowest BCUT2D eigenvalue weighted by atomic mass is 9.98. The number of oxazole rings is 1. The number of hydrogen-bond donors (Lipinski definition) is 0. The van der Waals surface area contributed by atoms with Crippen molar-refractivity contribution in [3.63, 3.8) is 0 Å². The summed E-state index contributed by atoms with van der Waals surface area (Å²) >= 11 is 1.41. The zero-order valence-electron chi connectivity index (χ0n) is 18.2. The Morgan fingerprint density at radius 1 is 1.24 bits per heavy atom. The number of aryl methyl sites for hydroxylation is 1. The minimum absolute atomic E-state index is 0.00271. The van der Waals surface area contributed by atoms with Crippen molar-refractivity contribution in [2.24, 2.45) is 0 Å². The molecule has 1 atom stereocenters. The van der Waals surface area contributed by atoms with Gasteiger partial charge in [0.15, 0.2) is 5.89 Å². The molecule has 0 saturated carbocycles. The number of piperidine rings is 1. The first-order chi connectivity index (χ1) is 16.1. The molecule has 1 amide bonds. The van der Waals surface area contributed by atoms with E-state index < -0.39 is 0 Å². The quantitative estimate of drug-likeness (QED) is 0.405. The van der Waals surface area contributed by atoms with Gasteiger partial charge in [-0.25, -0.2) is 14.4 Å². The third-order valence-corrected chi connectivity index (χ3v) is 7.01. The first-order valence-electron chi connectivity index (χ1n) is 10.9. The fourth-order valence-corrected chi connectivity index (χ4v) is 5.14. The molecule has 0 radical (unpaired) electrons. The summed E-state index contributed by atoms with van der Waals surface area (Å²) in [6.45, 7) is 3.15. The van der Waals surface area contributed by atoms with Crippen molar-refractivity contribution in [3.8, 4) is 10.6 Å². The second-order valence-corrected chi connectivity index (χ2v) is 9.23. The largest absolute Gasteiger partial charge is 0.445 e. The van der Waals surface area contributed by atoms with Crippen LogP contribution in [0.4, 0.5) is 4.39 Å².